The molecule has 1 aromatic rings. The molecule has 0 bridgehead atoms. The first kappa shape index (κ1) is 9.70. The van der Waals surface area contributed by atoms with Crippen LogP contribution in [0.15, 0.2) is 18.2 Å². The summed E-state index contributed by atoms with van der Waals surface area (Å²) in [5, 5.41) is 0. The Morgan fingerprint density at radius 3 is 2.38 bits per heavy atom. The van der Waals surface area contributed by atoms with Crippen LogP contribution in [0.25, 0.3) is 0 Å². The molecule has 0 amide bonds. The van der Waals surface area contributed by atoms with Gasteiger partial charge in [-0.2, -0.15) is 0 Å². The third-order valence-corrected chi connectivity index (χ3v) is 1.29. The van der Waals surface area contributed by atoms with Gasteiger partial charge in [0.15, 0.2) is 0 Å². The van der Waals surface area contributed by atoms with Crippen LogP contribution in [0.1, 0.15) is 5.56 Å². The number of alkyl halides is 3. The lowest BCUT2D eigenvalue weighted by Gasteiger charge is -2.09. The number of anilines is 1. The molecule has 0 atom stereocenters. The molecule has 5 heteroatoms. The second kappa shape index (κ2) is 3.16. The van der Waals surface area contributed by atoms with Gasteiger partial charge in [-0.05, 0) is 23.8 Å². The first-order valence-electron chi connectivity index (χ1n) is 3.29. The second-order valence-corrected chi connectivity index (χ2v) is 2.34. The highest BCUT2D eigenvalue weighted by Crippen LogP contribution is 2.25. The summed E-state index contributed by atoms with van der Waals surface area (Å²) in [6.07, 6.45) is -4.71. The number of rotatable bonds is 1. The van der Waals surface area contributed by atoms with Crippen molar-refractivity contribution in [3.63, 3.8) is 0 Å². The van der Waals surface area contributed by atoms with Gasteiger partial charge in [-0.15, -0.1) is 13.2 Å². The van der Waals surface area contributed by atoms with E-state index in [9.17, 15) is 13.2 Å². The molecule has 0 unspecified atom stereocenters. The van der Waals surface area contributed by atoms with Crippen LogP contribution in [0.4, 0.5) is 18.9 Å². The highest BCUT2D eigenvalue weighted by atomic mass is 19.4. The molecule has 0 spiro atoms. The topological polar surface area (TPSA) is 35.2 Å². The van der Waals surface area contributed by atoms with Gasteiger partial charge in [-0.3, -0.25) is 0 Å². The fourth-order valence-electron chi connectivity index (χ4n) is 0.750. The van der Waals surface area contributed by atoms with Crippen LogP contribution in [-0.2, 0) is 0 Å². The van der Waals surface area contributed by atoms with E-state index < -0.39 is 6.36 Å². The van der Waals surface area contributed by atoms with Crippen molar-refractivity contribution in [3.8, 4) is 5.75 Å². The molecule has 0 aromatic heterocycles. The number of hydrogen-bond acceptors (Lipinski definition) is 2. The lowest BCUT2D eigenvalue weighted by Crippen LogP contribution is -2.17. The fraction of sp³-hybridized carbons (Fsp3) is 0.125. The number of benzene rings is 1. The van der Waals surface area contributed by atoms with E-state index >= 15 is 0 Å². The minimum absolute atomic E-state index is 0.0572. The van der Waals surface area contributed by atoms with Gasteiger partial charge in [0.05, 0.1) is 0 Å². The summed E-state index contributed by atoms with van der Waals surface area (Å²) in [5.41, 5.74) is 5.56. The summed E-state index contributed by atoms with van der Waals surface area (Å²) in [7, 11) is 0. The molecule has 0 heterocycles. The van der Waals surface area contributed by atoms with E-state index in [4.69, 9.17) is 12.7 Å². The van der Waals surface area contributed by atoms with Gasteiger partial charge >= 0.3 is 6.36 Å². The molecular weight excluding hydrogens is 183 g/mol. The largest absolute Gasteiger partial charge is 0.573 e. The van der Waals surface area contributed by atoms with Gasteiger partial charge in [0.1, 0.15) is 5.75 Å². The molecule has 2 radical (unpaired) electrons. The van der Waals surface area contributed by atoms with Gasteiger partial charge in [-0.25, -0.2) is 0 Å². The zero-order valence-electron chi connectivity index (χ0n) is 6.43. The molecule has 2 N–H and O–H groups in total. The number of halogens is 3. The summed E-state index contributed by atoms with van der Waals surface area (Å²) in [6.45, 7) is 5.27. The quantitative estimate of drug-likeness (QED) is 0.687. The smallest absolute Gasteiger partial charge is 0.406 e. The summed E-state index contributed by atoms with van der Waals surface area (Å²) in [6, 6.07) is 3.36. The molecule has 1 rings (SSSR count). The Morgan fingerprint density at radius 2 is 1.92 bits per heavy atom. The minimum atomic E-state index is -4.71. The third kappa shape index (κ3) is 2.85. The van der Waals surface area contributed by atoms with Crippen molar-refractivity contribution >= 4 is 5.69 Å². The lowest BCUT2D eigenvalue weighted by atomic mass is 10.2. The van der Waals surface area contributed by atoms with Gasteiger partial charge in [-0.1, -0.05) is 0 Å². The standard InChI is InChI=1S/C8H6F3NO/c1-5-4-6(2-3-7(5)12)13-8(9,10)11/h1-4H,12H2. The summed E-state index contributed by atoms with van der Waals surface area (Å²) in [4.78, 5) is 0. The molecule has 70 valence electrons. The van der Waals surface area contributed by atoms with Crippen molar-refractivity contribution < 1.29 is 17.9 Å². The van der Waals surface area contributed by atoms with Crippen molar-refractivity contribution in [3.05, 3.63) is 30.7 Å². The Kier molecular flexibility index (Phi) is 2.36. The zero-order valence-corrected chi connectivity index (χ0v) is 6.43. The molecule has 0 aliphatic heterocycles. The number of ether oxygens (including phenoxy) is 1. The molecule has 1 aromatic carbocycles. The van der Waals surface area contributed by atoms with Gasteiger partial charge in [0.25, 0.3) is 0 Å². The first-order valence-corrected chi connectivity index (χ1v) is 3.29. The van der Waals surface area contributed by atoms with E-state index in [0.717, 1.165) is 12.1 Å². The van der Waals surface area contributed by atoms with Crippen molar-refractivity contribution in [2.45, 2.75) is 6.36 Å². The highest BCUT2D eigenvalue weighted by molar-refractivity contribution is 5.51. The van der Waals surface area contributed by atoms with E-state index in [1.54, 1.807) is 0 Å². The summed E-state index contributed by atoms with van der Waals surface area (Å²) >= 11 is 0. The monoisotopic (exact) mass is 189 g/mol. The van der Waals surface area contributed by atoms with Crippen LogP contribution in [0.5, 0.6) is 5.75 Å². The Balaban J connectivity index is 2.86. The average Bonchev–Trinajstić information content (AvgIpc) is 1.94. The Hall–Kier alpha value is -1.39. The van der Waals surface area contributed by atoms with E-state index in [1.165, 1.54) is 6.07 Å². The Labute approximate surface area is 73.1 Å². The van der Waals surface area contributed by atoms with Crippen LogP contribution >= 0.6 is 0 Å². The maximum absolute atomic E-state index is 11.7. The molecule has 0 saturated heterocycles. The Morgan fingerprint density at radius 1 is 1.31 bits per heavy atom. The normalized spacial score (nSPS) is 11.4. The maximum Gasteiger partial charge on any atom is 0.573 e. The molecule has 0 aliphatic rings. The minimum Gasteiger partial charge on any atom is -0.406 e. The molecule has 0 aliphatic carbocycles. The predicted octanol–water partition coefficient (Wildman–Crippen LogP) is 2.23. The van der Waals surface area contributed by atoms with Crippen molar-refractivity contribution in [2.24, 2.45) is 0 Å². The van der Waals surface area contributed by atoms with Gasteiger partial charge in [0, 0.05) is 12.6 Å². The van der Waals surface area contributed by atoms with E-state index in [2.05, 4.69) is 4.74 Å². The summed E-state index contributed by atoms with van der Waals surface area (Å²) < 4.78 is 38.6. The number of hydrogen-bond donors (Lipinski definition) is 1. The van der Waals surface area contributed by atoms with Crippen molar-refractivity contribution in [1.82, 2.24) is 0 Å². The lowest BCUT2D eigenvalue weighted by molar-refractivity contribution is -0.274. The van der Waals surface area contributed by atoms with Gasteiger partial charge in [0.2, 0.25) is 0 Å². The van der Waals surface area contributed by atoms with Crippen LogP contribution in [-0.4, -0.2) is 6.36 Å². The molecule has 13 heavy (non-hydrogen) atoms. The van der Waals surface area contributed by atoms with Crippen LogP contribution in [0.3, 0.4) is 0 Å². The van der Waals surface area contributed by atoms with Crippen molar-refractivity contribution in [1.29, 1.82) is 0 Å². The van der Waals surface area contributed by atoms with E-state index in [1.807, 2.05) is 0 Å². The molecule has 0 fully saturated rings. The third-order valence-electron chi connectivity index (χ3n) is 1.29. The maximum atomic E-state index is 11.7. The van der Waals surface area contributed by atoms with Crippen LogP contribution < -0.4 is 10.5 Å². The van der Waals surface area contributed by atoms with Crippen molar-refractivity contribution in [2.75, 3.05) is 5.73 Å². The highest BCUT2D eigenvalue weighted by Gasteiger charge is 2.31. The fourth-order valence-corrected chi connectivity index (χ4v) is 0.750. The first-order chi connectivity index (χ1) is 5.88. The zero-order chi connectivity index (χ0) is 10.1. The molecule has 0 saturated carbocycles. The summed E-state index contributed by atoms with van der Waals surface area (Å²) in [5.74, 6) is -0.376. The Bertz CT molecular complexity index is 309. The SMILES string of the molecule is [CH]c1cc(OC(F)(F)F)ccc1N. The predicted molar refractivity (Wildman–Crippen MR) is 40.9 cm³/mol. The van der Waals surface area contributed by atoms with Crippen LogP contribution in [0, 0.1) is 6.92 Å². The average molecular weight is 189 g/mol. The van der Waals surface area contributed by atoms with Crippen LogP contribution in [0.2, 0.25) is 0 Å². The molecule has 2 nitrogen and oxygen atoms in total. The molecular formula is C8H6F3NO. The van der Waals surface area contributed by atoms with E-state index in [0.29, 0.717) is 0 Å². The number of nitrogen functional groups attached to an aromatic ring is 1. The van der Waals surface area contributed by atoms with E-state index in [-0.39, 0.29) is 17.0 Å². The van der Waals surface area contributed by atoms with Gasteiger partial charge < -0.3 is 10.5 Å². The second-order valence-electron chi connectivity index (χ2n) is 2.34. The number of nitrogens with two attached hydrogens (primary N) is 1.